The fraction of sp³-hybridized carbons (Fsp3) is 0.529. The number of hydrogen-bond donors (Lipinski definition) is 2. The maximum atomic E-state index is 12.9. The molecule has 1 amide bonds. The Labute approximate surface area is 152 Å². The fourth-order valence-corrected chi connectivity index (χ4v) is 4.39. The third-order valence-corrected chi connectivity index (χ3v) is 5.42. The minimum absolute atomic E-state index is 0. The molecule has 2 aromatic rings. The Morgan fingerprint density at radius 2 is 1.92 bits per heavy atom. The molecule has 1 aromatic carbocycles. The highest BCUT2D eigenvalue weighted by molar-refractivity contribution is 5.97. The van der Waals surface area contributed by atoms with Crippen molar-refractivity contribution in [2.75, 3.05) is 0 Å². The largest absolute Gasteiger partial charge is 0.349 e. The molecule has 25 heavy (non-hydrogen) atoms. The first kappa shape index (κ1) is 17.8. The molecule has 2 bridgehead atoms. The highest BCUT2D eigenvalue weighted by Crippen LogP contribution is 2.39. The number of para-hydroxylation sites is 1. The molecule has 8 heteroatoms. The van der Waals surface area contributed by atoms with E-state index in [4.69, 9.17) is 5.73 Å². The average Bonchev–Trinajstić information content (AvgIpc) is 3.10. The van der Waals surface area contributed by atoms with Crippen molar-refractivity contribution in [3.05, 3.63) is 36.2 Å². The van der Waals surface area contributed by atoms with E-state index in [2.05, 4.69) is 20.8 Å². The van der Waals surface area contributed by atoms with Crippen molar-refractivity contribution in [2.24, 2.45) is 17.6 Å². The zero-order valence-electron chi connectivity index (χ0n) is 13.9. The van der Waals surface area contributed by atoms with Gasteiger partial charge in [-0.25, -0.2) is 0 Å². The molecular formula is C17H23ClN6O. The number of nitrogens with one attached hydrogen (secondary N) is 1. The topological polar surface area (TPSA) is 98.7 Å². The SMILES string of the molecule is Cl.NC1CC2CCCC(C1)C2NC(=O)c1ccccc1-n1cnnn1. The third-order valence-electron chi connectivity index (χ3n) is 5.42. The molecule has 7 nitrogen and oxygen atoms in total. The van der Waals surface area contributed by atoms with Gasteiger partial charge in [-0.3, -0.25) is 4.79 Å². The van der Waals surface area contributed by atoms with Gasteiger partial charge in [0.1, 0.15) is 6.33 Å². The van der Waals surface area contributed by atoms with Crippen LogP contribution in [0.3, 0.4) is 0 Å². The monoisotopic (exact) mass is 362 g/mol. The maximum absolute atomic E-state index is 12.9. The lowest BCUT2D eigenvalue weighted by molar-refractivity contribution is 0.0756. The van der Waals surface area contributed by atoms with Gasteiger partial charge in [0.15, 0.2) is 0 Å². The van der Waals surface area contributed by atoms with E-state index in [1.165, 1.54) is 17.4 Å². The first-order chi connectivity index (χ1) is 11.7. The zero-order chi connectivity index (χ0) is 16.5. The first-order valence-corrected chi connectivity index (χ1v) is 8.61. The number of carbonyl (C=O) groups is 1. The predicted octanol–water partition coefficient (Wildman–Crippen LogP) is 1.72. The Kier molecular flexibility index (Phi) is 5.34. The average molecular weight is 363 g/mol. The van der Waals surface area contributed by atoms with E-state index in [0.717, 1.165) is 25.7 Å². The molecular weight excluding hydrogens is 340 g/mol. The van der Waals surface area contributed by atoms with Crippen molar-refractivity contribution < 1.29 is 4.79 Å². The number of halogens is 1. The van der Waals surface area contributed by atoms with Crippen LogP contribution in [0.2, 0.25) is 0 Å². The minimum atomic E-state index is -0.0570. The van der Waals surface area contributed by atoms with Crippen LogP contribution in [0.5, 0.6) is 0 Å². The number of nitrogens with two attached hydrogens (primary N) is 1. The molecule has 134 valence electrons. The lowest BCUT2D eigenvalue weighted by Gasteiger charge is -2.45. The second-order valence-electron chi connectivity index (χ2n) is 6.95. The number of nitrogens with zero attached hydrogens (tertiary/aromatic N) is 4. The fourth-order valence-electron chi connectivity index (χ4n) is 4.39. The number of hydrogen-bond acceptors (Lipinski definition) is 5. The summed E-state index contributed by atoms with van der Waals surface area (Å²) in [6.07, 6.45) is 7.08. The van der Waals surface area contributed by atoms with Gasteiger partial charge in [0, 0.05) is 12.1 Å². The number of carbonyl (C=O) groups excluding carboxylic acids is 1. The Bertz CT molecular complexity index is 708. The van der Waals surface area contributed by atoms with Gasteiger partial charge in [0.2, 0.25) is 0 Å². The van der Waals surface area contributed by atoms with Gasteiger partial charge in [-0.1, -0.05) is 18.6 Å². The normalized spacial score (nSPS) is 28.0. The van der Waals surface area contributed by atoms with E-state index < -0.39 is 0 Å². The van der Waals surface area contributed by atoms with Crippen molar-refractivity contribution in [3.63, 3.8) is 0 Å². The number of rotatable bonds is 3. The smallest absolute Gasteiger partial charge is 0.253 e. The van der Waals surface area contributed by atoms with Gasteiger partial charge in [-0.05, 0) is 60.1 Å². The molecule has 0 spiro atoms. The predicted molar refractivity (Wildman–Crippen MR) is 95.7 cm³/mol. The molecule has 2 aliphatic carbocycles. The van der Waals surface area contributed by atoms with Gasteiger partial charge >= 0.3 is 0 Å². The Balaban J connectivity index is 0.00000182. The zero-order valence-corrected chi connectivity index (χ0v) is 14.7. The van der Waals surface area contributed by atoms with Crippen molar-refractivity contribution in [1.29, 1.82) is 0 Å². The standard InChI is InChI=1S/C17H22N6O.ClH/c18-13-8-11-4-3-5-12(9-13)16(11)20-17(24)14-6-1-2-7-15(14)23-10-19-21-22-23;/h1-2,6-7,10-13,16H,3-5,8-9,18H2,(H,20,24);1H. The summed E-state index contributed by atoms with van der Waals surface area (Å²) in [5, 5.41) is 14.5. The molecule has 2 unspecified atom stereocenters. The summed E-state index contributed by atoms with van der Waals surface area (Å²) in [6, 6.07) is 7.91. The molecule has 4 rings (SSSR count). The molecule has 3 N–H and O–H groups in total. The molecule has 0 radical (unpaired) electrons. The Morgan fingerprint density at radius 1 is 1.20 bits per heavy atom. The number of fused-ring (bicyclic) bond motifs is 2. The summed E-state index contributed by atoms with van der Waals surface area (Å²) in [6.45, 7) is 0. The van der Waals surface area contributed by atoms with Crippen molar-refractivity contribution in [1.82, 2.24) is 25.5 Å². The molecule has 2 aliphatic rings. The van der Waals surface area contributed by atoms with Gasteiger partial charge in [-0.15, -0.1) is 17.5 Å². The quantitative estimate of drug-likeness (QED) is 0.866. The molecule has 1 heterocycles. The van der Waals surface area contributed by atoms with E-state index >= 15 is 0 Å². The molecule has 2 fully saturated rings. The van der Waals surface area contributed by atoms with Crippen LogP contribution in [-0.4, -0.2) is 38.2 Å². The Morgan fingerprint density at radius 3 is 2.60 bits per heavy atom. The lowest BCUT2D eigenvalue weighted by atomic mass is 9.67. The van der Waals surface area contributed by atoms with Crippen molar-refractivity contribution >= 4 is 18.3 Å². The molecule has 2 saturated carbocycles. The van der Waals surface area contributed by atoms with E-state index in [9.17, 15) is 4.79 Å². The summed E-state index contributed by atoms with van der Waals surface area (Å²) in [5.41, 5.74) is 7.47. The minimum Gasteiger partial charge on any atom is -0.349 e. The number of benzene rings is 1. The van der Waals surface area contributed by atoms with Crippen molar-refractivity contribution in [2.45, 2.75) is 44.2 Å². The second-order valence-corrected chi connectivity index (χ2v) is 6.95. The van der Waals surface area contributed by atoms with Crippen molar-refractivity contribution in [3.8, 4) is 5.69 Å². The van der Waals surface area contributed by atoms with Gasteiger partial charge in [-0.2, -0.15) is 4.68 Å². The van der Waals surface area contributed by atoms with Gasteiger partial charge in [0.25, 0.3) is 5.91 Å². The van der Waals surface area contributed by atoms with E-state index in [-0.39, 0.29) is 30.4 Å². The van der Waals surface area contributed by atoms with Gasteiger partial charge < -0.3 is 11.1 Å². The van der Waals surface area contributed by atoms with Crippen LogP contribution in [0.15, 0.2) is 30.6 Å². The van der Waals surface area contributed by atoms with Crippen LogP contribution < -0.4 is 11.1 Å². The number of aromatic nitrogens is 4. The number of amides is 1. The van der Waals surface area contributed by atoms with Gasteiger partial charge in [0.05, 0.1) is 11.3 Å². The third kappa shape index (κ3) is 3.52. The number of tetrazole rings is 1. The van der Waals surface area contributed by atoms with Crippen LogP contribution >= 0.6 is 12.4 Å². The molecule has 1 aromatic heterocycles. The van der Waals surface area contributed by atoms with Crippen LogP contribution in [0.25, 0.3) is 5.69 Å². The van der Waals surface area contributed by atoms with E-state index in [1.807, 2.05) is 24.3 Å². The lowest BCUT2D eigenvalue weighted by Crippen LogP contribution is -2.53. The highest BCUT2D eigenvalue weighted by atomic mass is 35.5. The highest BCUT2D eigenvalue weighted by Gasteiger charge is 2.40. The molecule has 2 atom stereocenters. The Hall–Kier alpha value is -1.99. The van der Waals surface area contributed by atoms with E-state index in [1.54, 1.807) is 0 Å². The van der Waals surface area contributed by atoms with Crippen LogP contribution in [0, 0.1) is 11.8 Å². The summed E-state index contributed by atoms with van der Waals surface area (Å²) >= 11 is 0. The van der Waals surface area contributed by atoms with Crippen LogP contribution in [-0.2, 0) is 0 Å². The summed E-state index contributed by atoms with van der Waals surface area (Å²) in [4.78, 5) is 12.9. The van der Waals surface area contributed by atoms with E-state index in [0.29, 0.717) is 23.1 Å². The summed E-state index contributed by atoms with van der Waals surface area (Å²) in [5.74, 6) is 0.937. The second kappa shape index (κ2) is 7.49. The maximum Gasteiger partial charge on any atom is 0.253 e. The molecule has 0 saturated heterocycles. The van der Waals surface area contributed by atoms with Crippen LogP contribution in [0.1, 0.15) is 42.5 Å². The molecule has 0 aliphatic heterocycles. The summed E-state index contributed by atoms with van der Waals surface area (Å²) < 4.78 is 1.52. The van der Waals surface area contributed by atoms with Crippen LogP contribution in [0.4, 0.5) is 0 Å². The summed E-state index contributed by atoms with van der Waals surface area (Å²) in [7, 11) is 0. The first-order valence-electron chi connectivity index (χ1n) is 8.61.